The Morgan fingerprint density at radius 3 is 2.09 bits per heavy atom. The van der Waals surface area contributed by atoms with Crippen molar-refractivity contribution in [3.05, 3.63) is 47.8 Å². The van der Waals surface area contributed by atoms with Crippen LogP contribution in [0.2, 0.25) is 0 Å². The van der Waals surface area contributed by atoms with E-state index in [2.05, 4.69) is 15.3 Å². The molecule has 3 rings (SSSR count). The highest BCUT2D eigenvalue weighted by molar-refractivity contribution is 5.68. The Bertz CT molecular complexity index is 862. The zero-order valence-electron chi connectivity index (χ0n) is 20.1. The molecule has 0 saturated carbocycles. The van der Waals surface area contributed by atoms with Crippen molar-refractivity contribution in [3.8, 4) is 0 Å². The van der Waals surface area contributed by atoms with Crippen LogP contribution in [0.3, 0.4) is 0 Å². The number of anilines is 2. The van der Waals surface area contributed by atoms with Gasteiger partial charge in [-0.15, -0.1) is 0 Å². The van der Waals surface area contributed by atoms with Crippen LogP contribution in [0.15, 0.2) is 36.7 Å². The number of rotatable bonds is 6. The third-order valence-corrected chi connectivity index (χ3v) is 5.24. The van der Waals surface area contributed by atoms with Crippen molar-refractivity contribution in [2.75, 3.05) is 37.6 Å². The second-order valence-corrected chi connectivity index (χ2v) is 9.08. The third kappa shape index (κ3) is 9.63. The van der Waals surface area contributed by atoms with Gasteiger partial charge < -0.3 is 32.2 Å². The average Bonchev–Trinajstić information content (AvgIpc) is 2.77. The van der Waals surface area contributed by atoms with Crippen molar-refractivity contribution in [2.45, 2.75) is 58.1 Å². The molecule has 0 radical (unpaired) electrons. The fraction of sp³-hybridized carbons (Fsp3) is 0.542. The van der Waals surface area contributed by atoms with E-state index in [0.717, 1.165) is 56.4 Å². The number of nitrogens with one attached hydrogen (secondary N) is 1. The van der Waals surface area contributed by atoms with Gasteiger partial charge in [-0.25, -0.2) is 14.8 Å². The fourth-order valence-electron chi connectivity index (χ4n) is 3.48. The van der Waals surface area contributed by atoms with Gasteiger partial charge in [0.15, 0.2) is 0 Å². The minimum absolute atomic E-state index is 0.209. The summed E-state index contributed by atoms with van der Waals surface area (Å²) < 4.78 is 5.41. The van der Waals surface area contributed by atoms with Gasteiger partial charge in [0.05, 0.1) is 0 Å². The Kier molecular flexibility index (Phi) is 10.3. The Morgan fingerprint density at radius 2 is 1.61 bits per heavy atom. The van der Waals surface area contributed by atoms with E-state index in [1.54, 1.807) is 17.3 Å². The molecule has 33 heavy (non-hydrogen) atoms. The molecule has 3 heterocycles. The van der Waals surface area contributed by atoms with Crippen LogP contribution in [0.4, 0.5) is 16.4 Å². The summed E-state index contributed by atoms with van der Waals surface area (Å²) in [4.78, 5) is 21.8. The van der Waals surface area contributed by atoms with Gasteiger partial charge in [0, 0.05) is 31.5 Å². The van der Waals surface area contributed by atoms with Gasteiger partial charge in [-0.05, 0) is 82.8 Å². The smallest absolute Gasteiger partial charge is 0.410 e. The average molecular weight is 458 g/mol. The molecule has 1 aliphatic heterocycles. The Labute approximate surface area is 197 Å². The number of nitrogens with two attached hydrogens (primary N) is 3. The summed E-state index contributed by atoms with van der Waals surface area (Å²) in [5.74, 6) is 1.20. The number of nitrogen functional groups attached to an aromatic ring is 2. The summed E-state index contributed by atoms with van der Waals surface area (Å²) in [6.07, 6.45) is 6.74. The molecule has 9 nitrogen and oxygen atoms in total. The lowest BCUT2D eigenvalue weighted by Gasteiger charge is -2.33. The SMILES string of the molecule is CC(C)(C)OC(=O)N1CCC(NCCc2cccnc2N)CC1.NCCc1cccnc1N. The molecule has 1 amide bonds. The molecule has 1 aliphatic rings. The van der Waals surface area contributed by atoms with Crippen LogP contribution in [0.5, 0.6) is 0 Å². The van der Waals surface area contributed by atoms with Crippen molar-refractivity contribution in [1.29, 1.82) is 0 Å². The van der Waals surface area contributed by atoms with E-state index in [9.17, 15) is 4.79 Å². The first-order chi connectivity index (χ1) is 15.7. The molecule has 0 spiro atoms. The Morgan fingerprint density at radius 1 is 1.06 bits per heavy atom. The number of piperidine rings is 1. The molecular formula is C24H39N7O2. The highest BCUT2D eigenvalue weighted by atomic mass is 16.6. The highest BCUT2D eigenvalue weighted by Gasteiger charge is 2.26. The molecule has 7 N–H and O–H groups in total. The standard InChI is InChI=1S/C17H28N4O2.C7H11N3/c1-17(2,3)23-16(22)21-11-7-14(8-12-21)19-10-6-13-5-4-9-20-15(13)18;8-4-3-6-2-1-5-10-7(6)9/h4-5,9,14,19H,6-8,10-12H2,1-3H3,(H2,18,20);1-2,5H,3-4,8H2,(H2,9,10). The zero-order valence-corrected chi connectivity index (χ0v) is 20.1. The van der Waals surface area contributed by atoms with Crippen LogP contribution in [-0.4, -0.2) is 58.8 Å². The molecule has 1 saturated heterocycles. The quantitative estimate of drug-likeness (QED) is 0.517. The first kappa shape index (κ1) is 26.3. The third-order valence-electron chi connectivity index (χ3n) is 5.24. The summed E-state index contributed by atoms with van der Waals surface area (Å²) in [6.45, 7) is 8.64. The number of carbonyl (C=O) groups is 1. The van der Waals surface area contributed by atoms with Crippen molar-refractivity contribution in [1.82, 2.24) is 20.2 Å². The van der Waals surface area contributed by atoms with Crippen molar-refractivity contribution >= 4 is 17.7 Å². The molecule has 0 aromatic carbocycles. The maximum atomic E-state index is 12.0. The van der Waals surface area contributed by atoms with E-state index in [0.29, 0.717) is 24.2 Å². The largest absolute Gasteiger partial charge is 0.444 e. The maximum absolute atomic E-state index is 12.0. The molecule has 9 heteroatoms. The summed E-state index contributed by atoms with van der Waals surface area (Å²) in [6, 6.07) is 8.16. The number of nitrogens with zero attached hydrogens (tertiary/aromatic N) is 3. The molecule has 0 unspecified atom stereocenters. The van der Waals surface area contributed by atoms with Crippen molar-refractivity contribution in [2.24, 2.45) is 5.73 Å². The predicted molar refractivity (Wildman–Crippen MR) is 133 cm³/mol. The second-order valence-electron chi connectivity index (χ2n) is 9.08. The van der Waals surface area contributed by atoms with Gasteiger partial charge in [-0.3, -0.25) is 0 Å². The van der Waals surface area contributed by atoms with Crippen LogP contribution in [0, 0.1) is 0 Å². The van der Waals surface area contributed by atoms with E-state index in [-0.39, 0.29) is 6.09 Å². The summed E-state index contributed by atoms with van der Waals surface area (Å²) in [5.41, 5.74) is 18.4. The fourth-order valence-corrected chi connectivity index (χ4v) is 3.48. The number of hydrogen-bond acceptors (Lipinski definition) is 8. The summed E-state index contributed by atoms with van der Waals surface area (Å²) in [5, 5.41) is 3.54. The minimum atomic E-state index is -0.435. The number of aromatic nitrogens is 2. The maximum Gasteiger partial charge on any atom is 0.410 e. The van der Waals surface area contributed by atoms with Crippen LogP contribution in [0.1, 0.15) is 44.7 Å². The molecule has 2 aromatic heterocycles. The zero-order chi connectivity index (χ0) is 24.3. The van der Waals surface area contributed by atoms with Crippen LogP contribution >= 0.6 is 0 Å². The summed E-state index contributed by atoms with van der Waals surface area (Å²) >= 11 is 0. The number of likely N-dealkylation sites (tertiary alicyclic amines) is 1. The van der Waals surface area contributed by atoms with E-state index in [1.807, 2.05) is 45.0 Å². The molecule has 2 aromatic rings. The lowest BCUT2D eigenvalue weighted by Crippen LogP contribution is -2.46. The lowest BCUT2D eigenvalue weighted by atomic mass is 10.0. The normalized spacial score (nSPS) is 14.4. The number of hydrogen-bond donors (Lipinski definition) is 4. The summed E-state index contributed by atoms with van der Waals surface area (Å²) in [7, 11) is 0. The molecule has 1 fully saturated rings. The number of amides is 1. The molecular weight excluding hydrogens is 418 g/mol. The molecule has 182 valence electrons. The molecule has 0 aliphatic carbocycles. The van der Waals surface area contributed by atoms with Crippen LogP contribution in [-0.2, 0) is 17.6 Å². The van der Waals surface area contributed by atoms with Gasteiger partial charge in [0.1, 0.15) is 17.2 Å². The second kappa shape index (κ2) is 13.0. The first-order valence-electron chi connectivity index (χ1n) is 11.5. The van der Waals surface area contributed by atoms with E-state index in [1.165, 1.54) is 0 Å². The van der Waals surface area contributed by atoms with Gasteiger partial charge in [-0.1, -0.05) is 12.1 Å². The van der Waals surface area contributed by atoms with E-state index < -0.39 is 5.60 Å². The van der Waals surface area contributed by atoms with E-state index in [4.69, 9.17) is 21.9 Å². The van der Waals surface area contributed by atoms with Gasteiger partial charge >= 0.3 is 6.09 Å². The van der Waals surface area contributed by atoms with Crippen molar-refractivity contribution < 1.29 is 9.53 Å². The van der Waals surface area contributed by atoms with Crippen molar-refractivity contribution in [3.63, 3.8) is 0 Å². The topological polar surface area (TPSA) is 145 Å². The molecule has 0 bridgehead atoms. The monoisotopic (exact) mass is 457 g/mol. The van der Waals surface area contributed by atoms with Gasteiger partial charge in [0.2, 0.25) is 0 Å². The Hall–Kier alpha value is -2.91. The number of pyridine rings is 2. The first-order valence-corrected chi connectivity index (χ1v) is 11.5. The van der Waals surface area contributed by atoms with Gasteiger partial charge in [0.25, 0.3) is 0 Å². The predicted octanol–water partition coefficient (Wildman–Crippen LogP) is 2.36. The van der Waals surface area contributed by atoms with Crippen LogP contribution in [0.25, 0.3) is 0 Å². The van der Waals surface area contributed by atoms with Crippen LogP contribution < -0.4 is 22.5 Å². The van der Waals surface area contributed by atoms with Gasteiger partial charge in [-0.2, -0.15) is 0 Å². The lowest BCUT2D eigenvalue weighted by molar-refractivity contribution is 0.0198. The Balaban J connectivity index is 0.000000321. The highest BCUT2D eigenvalue weighted by Crippen LogP contribution is 2.16. The number of carbonyl (C=O) groups excluding carboxylic acids is 1. The van der Waals surface area contributed by atoms with E-state index >= 15 is 0 Å². The number of ether oxygens (including phenoxy) is 1. The molecule has 0 atom stereocenters. The minimum Gasteiger partial charge on any atom is -0.444 e.